The summed E-state index contributed by atoms with van der Waals surface area (Å²) in [5, 5.41) is 12.2. The van der Waals surface area contributed by atoms with Crippen LogP contribution >= 0.6 is 0 Å². The van der Waals surface area contributed by atoms with E-state index in [0.717, 1.165) is 25.7 Å². The molecule has 0 aromatic heterocycles. The number of hydrogen-bond donors (Lipinski definition) is 2. The molecule has 3 aliphatic rings. The molecule has 5 rings (SSSR count). The van der Waals surface area contributed by atoms with Crippen LogP contribution in [0.25, 0.3) is 11.1 Å². The molecule has 3 aliphatic carbocycles. The van der Waals surface area contributed by atoms with Crippen molar-refractivity contribution in [2.75, 3.05) is 13.2 Å². The molecule has 2 saturated carbocycles. The van der Waals surface area contributed by atoms with Crippen LogP contribution in [0.4, 0.5) is 4.79 Å². The Morgan fingerprint density at radius 2 is 1.59 bits per heavy atom. The highest BCUT2D eigenvalue weighted by Gasteiger charge is 2.52. The molecule has 4 heteroatoms. The zero-order valence-electron chi connectivity index (χ0n) is 15.4. The van der Waals surface area contributed by atoms with Crippen molar-refractivity contribution in [2.45, 2.75) is 37.6 Å². The van der Waals surface area contributed by atoms with E-state index >= 15 is 0 Å². The third kappa shape index (κ3) is 2.83. The number of aliphatic hydroxyl groups excluding tert-OH is 1. The first-order chi connectivity index (χ1) is 13.2. The summed E-state index contributed by atoms with van der Waals surface area (Å²) in [5.41, 5.74) is 5.34. The van der Waals surface area contributed by atoms with E-state index in [1.807, 2.05) is 12.1 Å². The third-order valence-corrected chi connectivity index (χ3v) is 6.73. The molecule has 2 N–H and O–H groups in total. The molecule has 2 aromatic rings. The van der Waals surface area contributed by atoms with Crippen LogP contribution in [0.1, 0.15) is 42.7 Å². The fourth-order valence-electron chi connectivity index (χ4n) is 5.52. The summed E-state index contributed by atoms with van der Waals surface area (Å²) in [5.74, 6) is 0.577. The highest BCUT2D eigenvalue weighted by atomic mass is 16.5. The molecule has 0 radical (unpaired) electrons. The van der Waals surface area contributed by atoms with E-state index < -0.39 is 0 Å². The lowest BCUT2D eigenvalue weighted by Crippen LogP contribution is -2.56. The maximum absolute atomic E-state index is 12.3. The summed E-state index contributed by atoms with van der Waals surface area (Å²) in [4.78, 5) is 12.3. The van der Waals surface area contributed by atoms with Gasteiger partial charge in [0.05, 0.1) is 0 Å². The predicted octanol–water partition coefficient (Wildman–Crippen LogP) is 4.08. The quantitative estimate of drug-likeness (QED) is 0.861. The van der Waals surface area contributed by atoms with Crippen LogP contribution in [-0.4, -0.2) is 30.5 Å². The molecule has 4 nitrogen and oxygen atoms in total. The minimum absolute atomic E-state index is 0.104. The molecular formula is C23H25NO3. The average molecular weight is 363 g/mol. The van der Waals surface area contributed by atoms with E-state index in [-0.39, 0.29) is 18.1 Å². The van der Waals surface area contributed by atoms with Gasteiger partial charge in [0.25, 0.3) is 0 Å². The largest absolute Gasteiger partial charge is 0.449 e. The first-order valence-electron chi connectivity index (χ1n) is 9.90. The number of aliphatic hydroxyl groups is 1. The summed E-state index contributed by atoms with van der Waals surface area (Å²) < 4.78 is 5.62. The summed E-state index contributed by atoms with van der Waals surface area (Å²) in [6.07, 6.45) is 3.94. The topological polar surface area (TPSA) is 58.6 Å². The van der Waals surface area contributed by atoms with E-state index in [9.17, 15) is 9.90 Å². The van der Waals surface area contributed by atoms with Gasteiger partial charge < -0.3 is 15.2 Å². The van der Waals surface area contributed by atoms with Crippen molar-refractivity contribution < 1.29 is 14.6 Å². The van der Waals surface area contributed by atoms with E-state index in [2.05, 4.69) is 41.7 Å². The number of carbonyl (C=O) groups excluding carboxylic acids is 1. The number of amides is 1. The Bertz CT molecular complexity index is 818. The summed E-state index contributed by atoms with van der Waals surface area (Å²) in [7, 11) is 0. The van der Waals surface area contributed by atoms with Gasteiger partial charge in [0.15, 0.2) is 0 Å². The molecule has 1 spiro atoms. The van der Waals surface area contributed by atoms with E-state index in [4.69, 9.17) is 4.74 Å². The number of rotatable bonds is 4. The van der Waals surface area contributed by atoms with Gasteiger partial charge in [0.1, 0.15) is 6.61 Å². The second-order valence-corrected chi connectivity index (χ2v) is 8.53. The van der Waals surface area contributed by atoms with Crippen LogP contribution in [-0.2, 0) is 4.74 Å². The van der Waals surface area contributed by atoms with E-state index in [1.165, 1.54) is 22.3 Å². The highest BCUT2D eigenvalue weighted by Crippen LogP contribution is 2.58. The normalized spacial score (nSPS) is 28.0. The number of ether oxygens (including phenoxy) is 1. The van der Waals surface area contributed by atoms with Crippen LogP contribution in [0, 0.1) is 11.3 Å². The van der Waals surface area contributed by atoms with Gasteiger partial charge in [-0.2, -0.15) is 0 Å². The number of nitrogens with one attached hydrogen (secondary N) is 1. The smallest absolute Gasteiger partial charge is 0.407 e. The number of carbonyl (C=O) groups is 1. The first kappa shape index (κ1) is 16.8. The second-order valence-electron chi connectivity index (χ2n) is 8.53. The zero-order valence-corrected chi connectivity index (χ0v) is 15.4. The molecule has 2 fully saturated rings. The van der Waals surface area contributed by atoms with Gasteiger partial charge in [0, 0.05) is 18.6 Å². The van der Waals surface area contributed by atoms with Crippen molar-refractivity contribution in [2.24, 2.45) is 11.3 Å². The van der Waals surface area contributed by atoms with Crippen LogP contribution in [0.5, 0.6) is 0 Å². The Morgan fingerprint density at radius 3 is 2.19 bits per heavy atom. The molecule has 2 aromatic carbocycles. The average Bonchev–Trinajstić information content (AvgIpc) is 2.95. The van der Waals surface area contributed by atoms with Crippen molar-refractivity contribution in [3.05, 3.63) is 59.7 Å². The van der Waals surface area contributed by atoms with Gasteiger partial charge in [-0.25, -0.2) is 4.79 Å². The number of benzene rings is 2. The van der Waals surface area contributed by atoms with Gasteiger partial charge in [-0.05, 0) is 59.3 Å². The fraction of sp³-hybridized carbons (Fsp3) is 0.435. The Balaban J connectivity index is 1.18. The van der Waals surface area contributed by atoms with Gasteiger partial charge in [-0.3, -0.25) is 0 Å². The van der Waals surface area contributed by atoms with Crippen LogP contribution in [0.15, 0.2) is 48.5 Å². The molecule has 0 heterocycles. The maximum Gasteiger partial charge on any atom is 0.407 e. The van der Waals surface area contributed by atoms with Gasteiger partial charge in [-0.1, -0.05) is 48.5 Å². The van der Waals surface area contributed by atoms with Crippen molar-refractivity contribution in [3.63, 3.8) is 0 Å². The lowest BCUT2D eigenvalue weighted by Gasteiger charge is -2.57. The molecule has 0 saturated heterocycles. The minimum atomic E-state index is -0.310. The number of alkyl carbamates (subject to hydrolysis) is 1. The summed E-state index contributed by atoms with van der Waals surface area (Å²) >= 11 is 0. The number of hydrogen-bond acceptors (Lipinski definition) is 3. The Kier molecular flexibility index (Phi) is 3.97. The van der Waals surface area contributed by atoms with Crippen molar-refractivity contribution in [3.8, 4) is 11.1 Å². The molecular weight excluding hydrogens is 338 g/mol. The molecule has 0 aliphatic heterocycles. The standard InChI is InChI=1S/C23H25NO3/c25-13-15-9-23(10-15)11-16(12-23)24-22(26)27-14-21-19-7-3-1-5-17(19)18-6-2-4-8-20(18)21/h1-8,15-16,21,25H,9-14H2,(H,24,26). The van der Waals surface area contributed by atoms with E-state index in [1.54, 1.807) is 0 Å². The summed E-state index contributed by atoms with van der Waals surface area (Å²) in [6.45, 7) is 0.663. The second kappa shape index (κ2) is 6.38. The monoisotopic (exact) mass is 363 g/mol. The van der Waals surface area contributed by atoms with Crippen molar-refractivity contribution in [1.82, 2.24) is 5.32 Å². The minimum Gasteiger partial charge on any atom is -0.449 e. The van der Waals surface area contributed by atoms with Crippen molar-refractivity contribution in [1.29, 1.82) is 0 Å². The van der Waals surface area contributed by atoms with Crippen molar-refractivity contribution >= 4 is 6.09 Å². The van der Waals surface area contributed by atoms with E-state index in [0.29, 0.717) is 24.5 Å². The lowest BCUT2D eigenvalue weighted by molar-refractivity contribution is -0.0655. The number of fused-ring (bicyclic) bond motifs is 3. The molecule has 27 heavy (non-hydrogen) atoms. The molecule has 0 atom stereocenters. The zero-order chi connectivity index (χ0) is 18.4. The van der Waals surface area contributed by atoms with Crippen LogP contribution in [0.3, 0.4) is 0 Å². The third-order valence-electron chi connectivity index (χ3n) is 6.73. The Hall–Kier alpha value is -2.33. The Labute approximate surface area is 159 Å². The summed E-state index contributed by atoms with van der Waals surface area (Å²) in [6, 6.07) is 17.0. The van der Waals surface area contributed by atoms with Gasteiger partial charge >= 0.3 is 6.09 Å². The molecule has 140 valence electrons. The molecule has 1 amide bonds. The van der Waals surface area contributed by atoms with Crippen LogP contribution in [0.2, 0.25) is 0 Å². The molecule has 0 unspecified atom stereocenters. The van der Waals surface area contributed by atoms with Gasteiger partial charge in [0.2, 0.25) is 0 Å². The molecule has 0 bridgehead atoms. The Morgan fingerprint density at radius 1 is 1.00 bits per heavy atom. The SMILES string of the molecule is O=C(NC1CC2(CC(CO)C2)C1)OCC1c2ccccc2-c2ccccc21. The predicted molar refractivity (Wildman–Crippen MR) is 103 cm³/mol. The maximum atomic E-state index is 12.3. The van der Waals surface area contributed by atoms with Crippen LogP contribution < -0.4 is 5.32 Å². The first-order valence-corrected chi connectivity index (χ1v) is 9.90. The highest BCUT2D eigenvalue weighted by molar-refractivity contribution is 5.79. The lowest BCUT2D eigenvalue weighted by atomic mass is 9.50. The fourth-order valence-corrected chi connectivity index (χ4v) is 5.52. The van der Waals surface area contributed by atoms with Gasteiger partial charge in [-0.15, -0.1) is 0 Å².